The number of rotatable bonds is 5. The summed E-state index contributed by atoms with van der Waals surface area (Å²) in [5.74, 6) is -1.20. The summed E-state index contributed by atoms with van der Waals surface area (Å²) in [7, 11) is 0. The highest BCUT2D eigenvalue weighted by Gasteiger charge is 2.21. The predicted octanol–water partition coefficient (Wildman–Crippen LogP) is 0.498. The maximum atomic E-state index is 11.2. The maximum Gasteiger partial charge on any atom is 0.347 e. The van der Waals surface area contributed by atoms with Gasteiger partial charge in [-0.05, 0) is 19.8 Å². The van der Waals surface area contributed by atoms with Crippen molar-refractivity contribution in [2.45, 2.75) is 39.9 Å². The fourth-order valence-electron chi connectivity index (χ4n) is 0.687. The van der Waals surface area contributed by atoms with E-state index in [-0.39, 0.29) is 12.5 Å². The van der Waals surface area contributed by atoms with Crippen molar-refractivity contribution in [3.05, 3.63) is 0 Å². The Bertz CT molecular complexity index is 222. The number of hydrogen-bond acceptors (Lipinski definition) is 5. The summed E-state index contributed by atoms with van der Waals surface area (Å²) in [4.78, 5) is 22.1. The van der Waals surface area contributed by atoms with Crippen molar-refractivity contribution in [1.82, 2.24) is 0 Å². The van der Waals surface area contributed by atoms with Gasteiger partial charge in [0.2, 0.25) is 0 Å². The Hall–Kier alpha value is -1.10. The number of esters is 2. The Morgan fingerprint density at radius 3 is 2.07 bits per heavy atom. The monoisotopic (exact) mass is 218 g/mol. The summed E-state index contributed by atoms with van der Waals surface area (Å²) in [5, 5.41) is 8.84. The van der Waals surface area contributed by atoms with Crippen LogP contribution in [0, 0.1) is 5.92 Å². The summed E-state index contributed by atoms with van der Waals surface area (Å²) in [6, 6.07) is 0. The first-order chi connectivity index (χ1) is 6.84. The minimum Gasteiger partial charge on any atom is -0.463 e. The molecule has 0 aliphatic carbocycles. The van der Waals surface area contributed by atoms with Crippen molar-refractivity contribution in [3.63, 3.8) is 0 Å². The van der Waals surface area contributed by atoms with Crippen molar-refractivity contribution in [3.8, 4) is 0 Å². The fourth-order valence-corrected chi connectivity index (χ4v) is 0.687. The molecule has 0 bridgehead atoms. The minimum atomic E-state index is -1.23. The lowest BCUT2D eigenvalue weighted by Gasteiger charge is -2.14. The van der Waals surface area contributed by atoms with E-state index >= 15 is 0 Å². The van der Waals surface area contributed by atoms with Crippen LogP contribution < -0.4 is 0 Å². The van der Waals surface area contributed by atoms with E-state index in [2.05, 4.69) is 4.74 Å². The summed E-state index contributed by atoms with van der Waals surface area (Å²) in [6.07, 6.45) is -2.21. The minimum absolute atomic E-state index is 0.230. The molecule has 0 aliphatic rings. The average molecular weight is 218 g/mol. The van der Waals surface area contributed by atoms with Crippen LogP contribution in [0.5, 0.6) is 0 Å². The Kier molecular flexibility index (Phi) is 5.93. The van der Waals surface area contributed by atoms with E-state index in [0.717, 1.165) is 0 Å². The highest BCUT2D eigenvalue weighted by Crippen LogP contribution is 2.00. The number of aliphatic hydroxyl groups is 1. The lowest BCUT2D eigenvalue weighted by atomic mass is 10.2. The number of aliphatic hydroxyl groups excluding tert-OH is 1. The molecule has 0 saturated heterocycles. The molecule has 0 aromatic rings. The fraction of sp³-hybridized carbons (Fsp3) is 0.800. The Morgan fingerprint density at radius 1 is 1.13 bits per heavy atom. The topological polar surface area (TPSA) is 72.8 Å². The van der Waals surface area contributed by atoms with E-state index in [0.29, 0.717) is 0 Å². The quantitative estimate of drug-likeness (QED) is 0.680. The van der Waals surface area contributed by atoms with Gasteiger partial charge in [-0.25, -0.2) is 9.59 Å². The van der Waals surface area contributed by atoms with Gasteiger partial charge in [0, 0.05) is 0 Å². The molecular weight excluding hydrogens is 200 g/mol. The van der Waals surface area contributed by atoms with Crippen molar-refractivity contribution in [2.75, 3.05) is 6.61 Å². The molecule has 5 nitrogen and oxygen atoms in total. The highest BCUT2D eigenvalue weighted by atomic mass is 16.6. The third kappa shape index (κ3) is 6.06. The zero-order valence-corrected chi connectivity index (χ0v) is 9.52. The van der Waals surface area contributed by atoms with Gasteiger partial charge in [0.15, 0.2) is 6.10 Å². The van der Waals surface area contributed by atoms with Gasteiger partial charge in [-0.3, -0.25) is 0 Å². The lowest BCUT2D eigenvalue weighted by Crippen LogP contribution is -2.31. The van der Waals surface area contributed by atoms with Crippen LogP contribution in [0.15, 0.2) is 0 Å². The molecule has 15 heavy (non-hydrogen) atoms. The van der Waals surface area contributed by atoms with Crippen LogP contribution in [0.2, 0.25) is 0 Å². The summed E-state index contributed by atoms with van der Waals surface area (Å²) < 4.78 is 9.49. The van der Waals surface area contributed by atoms with Crippen LogP contribution in [-0.2, 0) is 19.1 Å². The van der Waals surface area contributed by atoms with E-state index in [1.165, 1.54) is 13.8 Å². The Balaban J connectivity index is 3.94. The van der Waals surface area contributed by atoms with Crippen molar-refractivity contribution < 1.29 is 24.2 Å². The molecule has 0 aromatic carbocycles. The van der Waals surface area contributed by atoms with E-state index in [4.69, 9.17) is 9.84 Å². The zero-order chi connectivity index (χ0) is 12.0. The zero-order valence-electron chi connectivity index (χ0n) is 9.52. The SMILES string of the molecule is CC(C)COC(=O)C(C)OC(=O)C(C)O. The van der Waals surface area contributed by atoms with E-state index in [1.807, 2.05) is 13.8 Å². The smallest absolute Gasteiger partial charge is 0.347 e. The van der Waals surface area contributed by atoms with Crippen LogP contribution in [0.1, 0.15) is 27.7 Å². The molecule has 0 spiro atoms. The summed E-state index contributed by atoms with van der Waals surface area (Å²) >= 11 is 0. The van der Waals surface area contributed by atoms with Gasteiger partial charge in [0.25, 0.3) is 0 Å². The van der Waals surface area contributed by atoms with Gasteiger partial charge in [-0.1, -0.05) is 13.8 Å². The molecule has 2 unspecified atom stereocenters. The van der Waals surface area contributed by atoms with Crippen molar-refractivity contribution in [2.24, 2.45) is 5.92 Å². The first-order valence-corrected chi connectivity index (χ1v) is 4.89. The molecule has 0 aliphatic heterocycles. The molecule has 88 valence electrons. The first kappa shape index (κ1) is 13.9. The standard InChI is InChI=1S/C10H18O5/c1-6(2)5-14-10(13)8(4)15-9(12)7(3)11/h6-8,11H,5H2,1-4H3. The third-order valence-corrected chi connectivity index (χ3v) is 1.52. The average Bonchev–Trinajstić information content (AvgIpc) is 2.13. The Morgan fingerprint density at radius 2 is 1.67 bits per heavy atom. The second kappa shape index (κ2) is 6.40. The van der Waals surface area contributed by atoms with E-state index < -0.39 is 24.1 Å². The van der Waals surface area contributed by atoms with Crippen LogP contribution in [0.25, 0.3) is 0 Å². The van der Waals surface area contributed by atoms with Gasteiger partial charge in [-0.2, -0.15) is 0 Å². The third-order valence-electron chi connectivity index (χ3n) is 1.52. The van der Waals surface area contributed by atoms with Crippen LogP contribution in [0.3, 0.4) is 0 Å². The lowest BCUT2D eigenvalue weighted by molar-refractivity contribution is -0.171. The normalized spacial score (nSPS) is 14.5. The predicted molar refractivity (Wildman–Crippen MR) is 53.0 cm³/mol. The Labute approximate surface area is 89.4 Å². The largest absolute Gasteiger partial charge is 0.463 e. The first-order valence-electron chi connectivity index (χ1n) is 4.89. The molecular formula is C10H18O5. The molecule has 0 rings (SSSR count). The van der Waals surface area contributed by atoms with Crippen LogP contribution in [-0.4, -0.2) is 35.9 Å². The maximum absolute atomic E-state index is 11.2. The van der Waals surface area contributed by atoms with Gasteiger partial charge in [-0.15, -0.1) is 0 Å². The number of hydrogen-bond donors (Lipinski definition) is 1. The molecule has 5 heteroatoms. The van der Waals surface area contributed by atoms with Crippen LogP contribution in [0.4, 0.5) is 0 Å². The molecule has 0 heterocycles. The molecule has 1 N–H and O–H groups in total. The molecule has 2 atom stereocenters. The van der Waals surface area contributed by atoms with Gasteiger partial charge in [0.1, 0.15) is 6.10 Å². The van der Waals surface area contributed by atoms with Gasteiger partial charge < -0.3 is 14.6 Å². The van der Waals surface area contributed by atoms with Crippen molar-refractivity contribution in [1.29, 1.82) is 0 Å². The van der Waals surface area contributed by atoms with Crippen LogP contribution >= 0.6 is 0 Å². The van der Waals surface area contributed by atoms with Gasteiger partial charge >= 0.3 is 11.9 Å². The second-order valence-corrected chi connectivity index (χ2v) is 3.78. The molecule has 0 amide bonds. The molecule has 0 radical (unpaired) electrons. The highest BCUT2D eigenvalue weighted by molar-refractivity contribution is 5.80. The van der Waals surface area contributed by atoms with E-state index in [1.54, 1.807) is 0 Å². The second-order valence-electron chi connectivity index (χ2n) is 3.78. The number of carbonyl (C=O) groups is 2. The molecule has 0 aromatic heterocycles. The number of carbonyl (C=O) groups excluding carboxylic acids is 2. The van der Waals surface area contributed by atoms with E-state index in [9.17, 15) is 9.59 Å². The van der Waals surface area contributed by atoms with Crippen molar-refractivity contribution >= 4 is 11.9 Å². The summed E-state index contributed by atoms with van der Waals surface area (Å²) in [6.45, 7) is 6.77. The summed E-state index contributed by atoms with van der Waals surface area (Å²) in [5.41, 5.74) is 0. The molecule has 0 saturated carbocycles. The molecule has 0 fully saturated rings. The van der Waals surface area contributed by atoms with Gasteiger partial charge in [0.05, 0.1) is 6.61 Å². The number of ether oxygens (including phenoxy) is 2.